The molecule has 1 heterocycles. The van der Waals surface area contributed by atoms with Crippen molar-refractivity contribution in [3.8, 4) is 11.5 Å². The van der Waals surface area contributed by atoms with Gasteiger partial charge >= 0.3 is 0 Å². The molecule has 3 rings (SSSR count). The monoisotopic (exact) mass is 413 g/mol. The topological polar surface area (TPSA) is 77.3 Å². The van der Waals surface area contributed by atoms with Crippen LogP contribution in [0.25, 0.3) is 0 Å². The van der Waals surface area contributed by atoms with E-state index in [1.54, 1.807) is 37.3 Å². The number of anilines is 2. The Morgan fingerprint density at radius 3 is 2.40 bits per heavy atom. The number of nitrogens with two attached hydrogens (primary N) is 1. The van der Waals surface area contributed by atoms with Gasteiger partial charge in [0.2, 0.25) is 0 Å². The predicted octanol–water partition coefficient (Wildman–Crippen LogP) is 3.04. The van der Waals surface area contributed by atoms with Crippen molar-refractivity contribution in [2.75, 3.05) is 57.7 Å². The molecular formula is C23H31N3O4. The quantitative estimate of drug-likeness (QED) is 0.671. The van der Waals surface area contributed by atoms with Crippen molar-refractivity contribution in [1.29, 1.82) is 0 Å². The summed E-state index contributed by atoms with van der Waals surface area (Å²) in [4.78, 5) is 17.7. The Labute approximate surface area is 178 Å². The SMILES string of the molecule is COc1ccc(C(=O)N(CCC(C)N2CCOCC2)c2ccc(N)cc2)cc1OC. The molecule has 0 aliphatic carbocycles. The molecular weight excluding hydrogens is 382 g/mol. The number of rotatable bonds is 8. The number of carbonyl (C=O) groups excluding carboxylic acids is 1. The van der Waals surface area contributed by atoms with Gasteiger partial charge < -0.3 is 24.8 Å². The third kappa shape index (κ3) is 5.23. The van der Waals surface area contributed by atoms with Crippen LogP contribution < -0.4 is 20.1 Å². The summed E-state index contributed by atoms with van der Waals surface area (Å²) in [6.07, 6.45) is 0.851. The second-order valence-corrected chi connectivity index (χ2v) is 7.40. The highest BCUT2D eigenvalue weighted by molar-refractivity contribution is 6.06. The van der Waals surface area contributed by atoms with E-state index in [0.29, 0.717) is 35.3 Å². The van der Waals surface area contributed by atoms with Crippen LogP contribution in [0, 0.1) is 0 Å². The summed E-state index contributed by atoms with van der Waals surface area (Å²) in [5.74, 6) is 1.03. The third-order valence-electron chi connectivity index (χ3n) is 5.52. The van der Waals surface area contributed by atoms with Gasteiger partial charge in [0.1, 0.15) is 0 Å². The van der Waals surface area contributed by atoms with Crippen molar-refractivity contribution < 1.29 is 19.0 Å². The molecule has 1 fully saturated rings. The van der Waals surface area contributed by atoms with Crippen molar-refractivity contribution in [2.24, 2.45) is 0 Å². The van der Waals surface area contributed by atoms with Crippen molar-refractivity contribution in [1.82, 2.24) is 4.90 Å². The molecule has 0 radical (unpaired) electrons. The maximum Gasteiger partial charge on any atom is 0.258 e. The van der Waals surface area contributed by atoms with E-state index in [-0.39, 0.29) is 5.91 Å². The molecule has 1 unspecified atom stereocenters. The van der Waals surface area contributed by atoms with E-state index in [9.17, 15) is 4.79 Å². The number of carbonyl (C=O) groups is 1. The van der Waals surface area contributed by atoms with Gasteiger partial charge in [-0.3, -0.25) is 9.69 Å². The molecule has 0 bridgehead atoms. The summed E-state index contributed by atoms with van der Waals surface area (Å²) in [7, 11) is 3.14. The zero-order valence-electron chi connectivity index (χ0n) is 18.0. The fourth-order valence-corrected chi connectivity index (χ4v) is 3.64. The number of hydrogen-bond donors (Lipinski definition) is 1. The van der Waals surface area contributed by atoms with Crippen LogP contribution in [0.4, 0.5) is 11.4 Å². The smallest absolute Gasteiger partial charge is 0.258 e. The Balaban J connectivity index is 1.81. The number of ether oxygens (including phenoxy) is 3. The number of amides is 1. The Morgan fingerprint density at radius 1 is 1.10 bits per heavy atom. The first-order valence-electron chi connectivity index (χ1n) is 10.2. The lowest BCUT2D eigenvalue weighted by Gasteiger charge is -2.33. The van der Waals surface area contributed by atoms with Gasteiger partial charge in [-0.2, -0.15) is 0 Å². The fourth-order valence-electron chi connectivity index (χ4n) is 3.64. The highest BCUT2D eigenvalue weighted by Crippen LogP contribution is 2.29. The first-order valence-corrected chi connectivity index (χ1v) is 10.2. The minimum absolute atomic E-state index is 0.0881. The first kappa shape index (κ1) is 21.9. The average molecular weight is 414 g/mol. The Kier molecular flexibility index (Phi) is 7.54. The van der Waals surface area contributed by atoms with Crippen molar-refractivity contribution in [3.63, 3.8) is 0 Å². The molecule has 0 aromatic heterocycles. The van der Waals surface area contributed by atoms with E-state index in [1.807, 2.05) is 24.3 Å². The van der Waals surface area contributed by atoms with Crippen molar-refractivity contribution >= 4 is 17.3 Å². The molecule has 2 aromatic rings. The summed E-state index contributed by atoms with van der Waals surface area (Å²) >= 11 is 0. The molecule has 2 N–H and O–H groups in total. The normalized spacial score (nSPS) is 15.4. The van der Waals surface area contributed by atoms with Crippen molar-refractivity contribution in [2.45, 2.75) is 19.4 Å². The minimum atomic E-state index is -0.0881. The highest BCUT2D eigenvalue weighted by atomic mass is 16.5. The van der Waals surface area contributed by atoms with Crippen LogP contribution in [0.5, 0.6) is 11.5 Å². The number of methoxy groups -OCH3 is 2. The lowest BCUT2D eigenvalue weighted by atomic mass is 10.1. The first-order chi connectivity index (χ1) is 14.5. The third-order valence-corrected chi connectivity index (χ3v) is 5.52. The van der Waals surface area contributed by atoms with Crippen LogP contribution in [-0.2, 0) is 4.74 Å². The Morgan fingerprint density at radius 2 is 1.77 bits per heavy atom. The van der Waals surface area contributed by atoms with Crippen molar-refractivity contribution in [3.05, 3.63) is 48.0 Å². The standard InChI is InChI=1S/C23H31N3O4/c1-17(25-12-14-30-15-13-25)10-11-26(20-7-5-19(24)6-8-20)23(27)18-4-9-21(28-2)22(16-18)29-3/h4-9,16-17H,10-15,24H2,1-3H3. The summed E-state index contributed by atoms with van der Waals surface area (Å²) in [5.41, 5.74) is 7.88. The maximum absolute atomic E-state index is 13.5. The molecule has 2 aromatic carbocycles. The molecule has 0 saturated carbocycles. The molecule has 7 heteroatoms. The molecule has 0 spiro atoms. The highest BCUT2D eigenvalue weighted by Gasteiger charge is 2.23. The van der Waals surface area contributed by atoms with Crippen LogP contribution in [0.1, 0.15) is 23.7 Å². The van der Waals surface area contributed by atoms with Crippen LogP contribution in [0.2, 0.25) is 0 Å². The summed E-state index contributed by atoms with van der Waals surface area (Å²) in [6.45, 7) is 6.16. The van der Waals surface area contributed by atoms with Gasteiger partial charge in [-0.15, -0.1) is 0 Å². The number of nitrogen functional groups attached to an aromatic ring is 1. The van der Waals surface area contributed by atoms with Gasteiger partial charge in [-0.05, 0) is 55.8 Å². The molecule has 1 amide bonds. The predicted molar refractivity (Wildman–Crippen MR) is 119 cm³/mol. The fraction of sp³-hybridized carbons (Fsp3) is 0.435. The van der Waals surface area contributed by atoms with Gasteiger partial charge in [0.15, 0.2) is 11.5 Å². The Hall–Kier alpha value is -2.77. The van der Waals surface area contributed by atoms with Gasteiger partial charge in [0.25, 0.3) is 5.91 Å². The van der Waals surface area contributed by atoms with E-state index in [2.05, 4.69) is 11.8 Å². The van der Waals surface area contributed by atoms with E-state index in [1.165, 1.54) is 0 Å². The van der Waals surface area contributed by atoms with E-state index in [4.69, 9.17) is 19.9 Å². The molecule has 1 atom stereocenters. The lowest BCUT2D eigenvalue weighted by molar-refractivity contribution is 0.0190. The van der Waals surface area contributed by atoms with E-state index in [0.717, 1.165) is 38.4 Å². The number of nitrogens with zero attached hydrogens (tertiary/aromatic N) is 2. The van der Waals surface area contributed by atoms with Gasteiger partial charge in [0.05, 0.1) is 27.4 Å². The lowest BCUT2D eigenvalue weighted by Crippen LogP contribution is -2.44. The minimum Gasteiger partial charge on any atom is -0.493 e. The van der Waals surface area contributed by atoms with Gasteiger partial charge in [0, 0.05) is 42.6 Å². The zero-order chi connectivity index (χ0) is 21.5. The van der Waals surface area contributed by atoms with E-state index >= 15 is 0 Å². The zero-order valence-corrected chi connectivity index (χ0v) is 18.0. The molecule has 7 nitrogen and oxygen atoms in total. The second-order valence-electron chi connectivity index (χ2n) is 7.40. The number of morpholine rings is 1. The molecule has 30 heavy (non-hydrogen) atoms. The summed E-state index contributed by atoms with van der Waals surface area (Å²) in [5, 5.41) is 0. The maximum atomic E-state index is 13.5. The van der Waals surface area contributed by atoms with Crippen LogP contribution in [0.3, 0.4) is 0 Å². The van der Waals surface area contributed by atoms with Gasteiger partial charge in [-0.1, -0.05) is 0 Å². The molecule has 162 valence electrons. The molecule has 1 aliphatic heterocycles. The summed E-state index contributed by atoms with van der Waals surface area (Å²) in [6, 6.07) is 13.0. The van der Waals surface area contributed by atoms with E-state index < -0.39 is 0 Å². The number of hydrogen-bond acceptors (Lipinski definition) is 6. The molecule has 1 aliphatic rings. The largest absolute Gasteiger partial charge is 0.493 e. The second kappa shape index (κ2) is 10.3. The van der Waals surface area contributed by atoms with Gasteiger partial charge in [-0.25, -0.2) is 0 Å². The van der Waals surface area contributed by atoms with Crippen LogP contribution in [-0.4, -0.2) is 63.9 Å². The average Bonchev–Trinajstić information content (AvgIpc) is 2.80. The number of benzene rings is 2. The molecule has 1 saturated heterocycles. The van der Waals surface area contributed by atoms with Crippen LogP contribution >= 0.6 is 0 Å². The van der Waals surface area contributed by atoms with Crippen LogP contribution in [0.15, 0.2) is 42.5 Å². The summed E-state index contributed by atoms with van der Waals surface area (Å²) < 4.78 is 16.1. The Bertz CT molecular complexity index is 835.